The summed E-state index contributed by atoms with van der Waals surface area (Å²) >= 11 is 0. The van der Waals surface area contributed by atoms with E-state index in [1.807, 2.05) is 30.3 Å². The van der Waals surface area contributed by atoms with Crippen molar-refractivity contribution in [3.05, 3.63) is 47.5 Å². The highest BCUT2D eigenvalue weighted by molar-refractivity contribution is 5.79. The summed E-state index contributed by atoms with van der Waals surface area (Å²) in [6.07, 6.45) is 9.41. The van der Waals surface area contributed by atoms with E-state index in [1.54, 1.807) is 5.57 Å². The molecule has 5 saturated carbocycles. The lowest BCUT2D eigenvalue weighted by Crippen LogP contribution is -2.64. The van der Waals surface area contributed by atoms with Crippen molar-refractivity contribution >= 4 is 5.97 Å². The zero-order valence-electron chi connectivity index (χ0n) is 30.7. The molecule has 1 aliphatic heterocycles. The van der Waals surface area contributed by atoms with Crippen LogP contribution in [0, 0.1) is 49.7 Å². The van der Waals surface area contributed by atoms with Crippen molar-refractivity contribution in [2.75, 3.05) is 6.61 Å². The fraction of sp³-hybridized carbons (Fsp3) is 0.786. The highest BCUT2D eigenvalue weighted by Crippen LogP contribution is 2.87. The van der Waals surface area contributed by atoms with Crippen LogP contribution in [0.2, 0.25) is 0 Å². The van der Waals surface area contributed by atoms with Crippen molar-refractivity contribution in [2.45, 2.75) is 149 Å². The van der Waals surface area contributed by atoms with E-state index < -0.39 is 30.0 Å². The summed E-state index contributed by atoms with van der Waals surface area (Å²) in [6, 6.07) is 10.1. The lowest BCUT2D eigenvalue weighted by atomic mass is 9.34. The molecular weight excluding hydrogens is 616 g/mol. The molecule has 49 heavy (non-hydrogen) atoms. The molecule has 7 unspecified atom stereocenters. The van der Waals surface area contributed by atoms with Gasteiger partial charge in [-0.15, -0.1) is 0 Å². The molecule has 6 aliphatic carbocycles. The summed E-state index contributed by atoms with van der Waals surface area (Å²) in [5.74, 6) is 0.765. The Labute approximate surface area is 293 Å². The summed E-state index contributed by atoms with van der Waals surface area (Å²) in [5.41, 5.74) is 2.79. The van der Waals surface area contributed by atoms with Crippen molar-refractivity contribution in [2.24, 2.45) is 49.7 Å². The van der Waals surface area contributed by atoms with Gasteiger partial charge in [0.1, 0.15) is 24.9 Å². The number of rotatable bonds is 5. The number of aliphatic hydroxyl groups excluding tert-OH is 3. The maximum Gasteiger partial charge on any atom is 0.313 e. The number of carbonyl (C=O) groups excluding carboxylic acids is 1. The summed E-state index contributed by atoms with van der Waals surface area (Å²) < 4.78 is 18.5. The fourth-order valence-corrected chi connectivity index (χ4v) is 13.6. The van der Waals surface area contributed by atoms with Crippen LogP contribution in [0.3, 0.4) is 0 Å². The van der Waals surface area contributed by atoms with E-state index in [1.165, 1.54) is 6.42 Å². The van der Waals surface area contributed by atoms with Gasteiger partial charge in [0.25, 0.3) is 0 Å². The van der Waals surface area contributed by atoms with E-state index in [9.17, 15) is 20.1 Å². The Bertz CT molecular complexity index is 1510. The van der Waals surface area contributed by atoms with Gasteiger partial charge in [0.15, 0.2) is 6.29 Å². The third-order valence-electron chi connectivity index (χ3n) is 16.9. The first kappa shape index (κ1) is 34.3. The molecule has 0 radical (unpaired) electrons. The van der Waals surface area contributed by atoms with Crippen LogP contribution in [0.15, 0.2) is 42.0 Å². The smallest absolute Gasteiger partial charge is 0.313 e. The Morgan fingerprint density at radius 2 is 1.59 bits per heavy atom. The standard InChI is InChI=1S/C42H60O7/c1-36(2)16-19-41(35(46)48-23-26-10-8-7-9-11-26)20-17-37(3)27(28(41)22-36)12-13-30-38(37,4)18-21-42-25-40(42,6)31(14-15-39(30,42)5)49-34-33(45)32(44)29(43)24-47-34/h7-12,28-34,43-45H,13-25H2,1-6H3/t28?,29?,30?,31-,32?,33?,34?,37+,38+,39+,40-,41-,42?/m0/s1. The average Bonchev–Trinajstić information content (AvgIpc) is 3.72. The van der Waals surface area contributed by atoms with Gasteiger partial charge in [-0.1, -0.05) is 83.5 Å². The largest absolute Gasteiger partial charge is 0.460 e. The maximum absolute atomic E-state index is 14.3. The molecule has 0 bridgehead atoms. The molecule has 8 rings (SSSR count). The second-order valence-electron chi connectivity index (χ2n) is 19.3. The van der Waals surface area contributed by atoms with Crippen LogP contribution in [0.4, 0.5) is 0 Å². The van der Waals surface area contributed by atoms with Gasteiger partial charge in [-0.3, -0.25) is 4.79 Å². The van der Waals surface area contributed by atoms with E-state index in [4.69, 9.17) is 14.2 Å². The van der Waals surface area contributed by atoms with Crippen LogP contribution in [-0.4, -0.2) is 58.6 Å². The van der Waals surface area contributed by atoms with Crippen LogP contribution in [0.5, 0.6) is 0 Å². The summed E-state index contributed by atoms with van der Waals surface area (Å²) in [6.45, 7) is 15.2. The number of esters is 1. The molecule has 7 aliphatic rings. The molecule has 6 fully saturated rings. The first-order valence-corrected chi connectivity index (χ1v) is 19.3. The molecule has 3 N–H and O–H groups in total. The molecular formula is C42H60O7. The summed E-state index contributed by atoms with van der Waals surface area (Å²) in [5, 5.41) is 31.0. The molecule has 7 nitrogen and oxygen atoms in total. The number of hydrogen-bond donors (Lipinski definition) is 3. The highest BCUT2D eigenvalue weighted by atomic mass is 16.7. The van der Waals surface area contributed by atoms with E-state index in [0.717, 1.165) is 69.8 Å². The maximum atomic E-state index is 14.3. The van der Waals surface area contributed by atoms with Gasteiger partial charge >= 0.3 is 5.97 Å². The minimum atomic E-state index is -1.26. The molecule has 1 spiro atoms. The number of aliphatic hydroxyl groups is 3. The Morgan fingerprint density at radius 1 is 0.857 bits per heavy atom. The Kier molecular flexibility index (Phi) is 7.79. The van der Waals surface area contributed by atoms with Crippen LogP contribution in [0.1, 0.15) is 118 Å². The third-order valence-corrected chi connectivity index (χ3v) is 16.9. The minimum absolute atomic E-state index is 0.0165. The number of ether oxygens (including phenoxy) is 3. The Morgan fingerprint density at radius 3 is 2.35 bits per heavy atom. The topological polar surface area (TPSA) is 105 Å². The second kappa shape index (κ2) is 11.1. The third kappa shape index (κ3) is 4.60. The van der Waals surface area contributed by atoms with Gasteiger partial charge in [0, 0.05) is 5.41 Å². The number of fused-ring (bicyclic) bond motifs is 6. The Balaban J connectivity index is 1.08. The van der Waals surface area contributed by atoms with Gasteiger partial charge in [-0.25, -0.2) is 0 Å². The predicted molar refractivity (Wildman–Crippen MR) is 186 cm³/mol. The molecule has 1 aromatic carbocycles. The Hall–Kier alpha value is -1.77. The number of carbonyl (C=O) groups is 1. The molecule has 13 atom stereocenters. The predicted octanol–water partition coefficient (Wildman–Crippen LogP) is 7.11. The zero-order chi connectivity index (χ0) is 34.8. The number of hydrogen-bond acceptors (Lipinski definition) is 7. The van der Waals surface area contributed by atoms with Crippen molar-refractivity contribution < 1.29 is 34.3 Å². The van der Waals surface area contributed by atoms with Crippen LogP contribution >= 0.6 is 0 Å². The summed E-state index contributed by atoms with van der Waals surface area (Å²) in [7, 11) is 0. The first-order valence-electron chi connectivity index (χ1n) is 19.3. The molecule has 0 amide bonds. The lowest BCUT2D eigenvalue weighted by molar-refractivity contribution is -0.297. The first-order chi connectivity index (χ1) is 23.1. The minimum Gasteiger partial charge on any atom is -0.460 e. The van der Waals surface area contributed by atoms with Crippen molar-refractivity contribution in [1.82, 2.24) is 0 Å². The molecule has 1 heterocycles. The summed E-state index contributed by atoms with van der Waals surface area (Å²) in [4.78, 5) is 14.3. The highest BCUT2D eigenvalue weighted by Gasteiger charge is 2.82. The van der Waals surface area contributed by atoms with Crippen molar-refractivity contribution in [1.29, 1.82) is 0 Å². The SMILES string of the molecule is CC1(C)CC[C@]2(C(=O)OCc3ccccc3)CC[C@]3(C)C(=CCC4[C@@]5(C)CC[C@H](OC6OCC(O)C(O)C6O)[C@]6(C)CC65CC[C@]43C)C2C1. The monoisotopic (exact) mass is 676 g/mol. The van der Waals surface area contributed by atoms with Crippen molar-refractivity contribution in [3.8, 4) is 0 Å². The van der Waals surface area contributed by atoms with E-state index in [0.29, 0.717) is 12.5 Å². The lowest BCUT2D eigenvalue weighted by Gasteiger charge is -2.70. The normalized spacial score (nSPS) is 51.1. The zero-order valence-corrected chi connectivity index (χ0v) is 30.7. The second-order valence-corrected chi connectivity index (χ2v) is 19.3. The van der Waals surface area contributed by atoms with Gasteiger partial charge in [0.2, 0.25) is 0 Å². The number of allylic oxidation sites excluding steroid dienone is 2. The average molecular weight is 677 g/mol. The molecule has 0 aromatic heterocycles. The van der Waals surface area contributed by atoms with Crippen LogP contribution in [0.25, 0.3) is 0 Å². The van der Waals surface area contributed by atoms with Crippen LogP contribution < -0.4 is 0 Å². The molecule has 1 saturated heterocycles. The fourth-order valence-electron chi connectivity index (χ4n) is 13.6. The number of benzene rings is 1. The van der Waals surface area contributed by atoms with Crippen LogP contribution in [-0.2, 0) is 25.6 Å². The van der Waals surface area contributed by atoms with Gasteiger partial charge in [-0.2, -0.15) is 0 Å². The molecule has 7 heteroatoms. The molecule has 1 aromatic rings. The van der Waals surface area contributed by atoms with E-state index in [2.05, 4.69) is 47.6 Å². The van der Waals surface area contributed by atoms with Gasteiger partial charge in [-0.05, 0) is 115 Å². The van der Waals surface area contributed by atoms with E-state index >= 15 is 0 Å². The van der Waals surface area contributed by atoms with Crippen molar-refractivity contribution in [3.63, 3.8) is 0 Å². The van der Waals surface area contributed by atoms with Gasteiger partial charge < -0.3 is 29.5 Å². The quantitative estimate of drug-likeness (QED) is 0.174. The van der Waals surface area contributed by atoms with Gasteiger partial charge in [0.05, 0.1) is 18.1 Å². The van der Waals surface area contributed by atoms with E-state index in [-0.39, 0.29) is 57.1 Å². The molecule has 270 valence electrons.